The van der Waals surface area contributed by atoms with Gasteiger partial charge in [0.1, 0.15) is 6.04 Å². The molecule has 6 heteroatoms. The van der Waals surface area contributed by atoms with Gasteiger partial charge < -0.3 is 9.84 Å². The number of esters is 1. The van der Waals surface area contributed by atoms with Crippen LogP contribution in [0, 0.1) is 0 Å². The van der Waals surface area contributed by atoms with Crippen LogP contribution in [0.25, 0.3) is 6.08 Å². The highest BCUT2D eigenvalue weighted by Crippen LogP contribution is 2.08. The van der Waals surface area contributed by atoms with Crippen molar-refractivity contribution in [1.29, 1.82) is 0 Å². The highest BCUT2D eigenvalue weighted by Gasteiger charge is 2.13. The predicted molar refractivity (Wildman–Crippen MR) is 64.9 cm³/mol. The molecular weight excluding hydrogens is 236 g/mol. The number of carbonyl (C=O) groups is 2. The monoisotopic (exact) mass is 252 g/mol. The van der Waals surface area contributed by atoms with Crippen molar-refractivity contribution in [3.05, 3.63) is 24.0 Å². The largest absolute Gasteiger partial charge is 0.480 e. The fourth-order valence-electron chi connectivity index (χ4n) is 1.27. The van der Waals surface area contributed by atoms with Crippen molar-refractivity contribution in [1.82, 2.24) is 9.78 Å². The highest BCUT2D eigenvalue weighted by molar-refractivity contribution is 5.73. The molecule has 0 aromatic carbocycles. The Kier molecular flexibility index (Phi) is 5.10. The molecule has 0 spiro atoms. The molecule has 1 aromatic heterocycles. The second-order valence-electron chi connectivity index (χ2n) is 3.68. The van der Waals surface area contributed by atoms with Crippen LogP contribution in [0.1, 0.15) is 31.9 Å². The molecule has 0 saturated heterocycles. The number of hydrogen-bond acceptors (Lipinski definition) is 4. The van der Waals surface area contributed by atoms with Crippen molar-refractivity contribution in [2.75, 3.05) is 6.61 Å². The van der Waals surface area contributed by atoms with Gasteiger partial charge in [0.2, 0.25) is 0 Å². The number of nitrogens with zero attached hydrogens (tertiary/aromatic N) is 2. The SMILES string of the molecule is CCOC(=O)CC=Cc1cnn([C@@H](C)C(=O)O)c1. The van der Waals surface area contributed by atoms with E-state index in [0.717, 1.165) is 5.56 Å². The lowest BCUT2D eigenvalue weighted by atomic mass is 10.3. The summed E-state index contributed by atoms with van der Waals surface area (Å²) in [6, 6.07) is -0.711. The predicted octanol–water partition coefficient (Wildman–Crippen LogP) is 1.50. The molecule has 98 valence electrons. The molecule has 0 saturated carbocycles. The molecule has 0 amide bonds. The van der Waals surface area contributed by atoms with Gasteiger partial charge in [-0.15, -0.1) is 0 Å². The zero-order valence-electron chi connectivity index (χ0n) is 10.4. The number of carboxylic acids is 1. The van der Waals surface area contributed by atoms with Crippen LogP contribution in [0.4, 0.5) is 0 Å². The van der Waals surface area contributed by atoms with Crippen LogP contribution >= 0.6 is 0 Å². The van der Waals surface area contributed by atoms with Gasteiger partial charge in [0.25, 0.3) is 0 Å². The Balaban J connectivity index is 2.56. The molecule has 0 aliphatic rings. The van der Waals surface area contributed by atoms with Gasteiger partial charge in [-0.25, -0.2) is 4.79 Å². The normalized spacial score (nSPS) is 12.6. The van der Waals surface area contributed by atoms with Crippen molar-refractivity contribution >= 4 is 18.0 Å². The molecule has 1 atom stereocenters. The number of ether oxygens (including phenoxy) is 1. The number of aromatic nitrogens is 2. The number of carbonyl (C=O) groups excluding carboxylic acids is 1. The van der Waals surface area contributed by atoms with Gasteiger partial charge in [-0.3, -0.25) is 9.48 Å². The molecule has 6 nitrogen and oxygen atoms in total. The Bertz CT molecular complexity index is 451. The summed E-state index contributed by atoms with van der Waals surface area (Å²) in [5.41, 5.74) is 0.743. The van der Waals surface area contributed by atoms with Crippen LogP contribution in [0.2, 0.25) is 0 Å². The maximum absolute atomic E-state index is 11.1. The molecule has 1 N–H and O–H groups in total. The summed E-state index contributed by atoms with van der Waals surface area (Å²) in [5, 5.41) is 12.8. The highest BCUT2D eigenvalue weighted by atomic mass is 16.5. The average molecular weight is 252 g/mol. The van der Waals surface area contributed by atoms with Crippen molar-refractivity contribution in [2.45, 2.75) is 26.3 Å². The summed E-state index contributed by atoms with van der Waals surface area (Å²) in [7, 11) is 0. The molecule has 0 aliphatic carbocycles. The van der Waals surface area contributed by atoms with E-state index >= 15 is 0 Å². The lowest BCUT2D eigenvalue weighted by Crippen LogP contribution is -2.15. The topological polar surface area (TPSA) is 81.4 Å². The first-order valence-electron chi connectivity index (χ1n) is 5.63. The van der Waals surface area contributed by atoms with Gasteiger partial charge in [-0.1, -0.05) is 12.2 Å². The van der Waals surface area contributed by atoms with Gasteiger partial charge in [0.05, 0.1) is 19.2 Å². The second-order valence-corrected chi connectivity index (χ2v) is 3.68. The number of carboxylic acid groups (broad SMARTS) is 1. The summed E-state index contributed by atoms with van der Waals surface area (Å²) in [5.74, 6) is -1.24. The van der Waals surface area contributed by atoms with Gasteiger partial charge in [-0.05, 0) is 13.8 Å². The Labute approximate surface area is 105 Å². The van der Waals surface area contributed by atoms with Crippen LogP contribution in [0.15, 0.2) is 18.5 Å². The molecule has 0 unspecified atom stereocenters. The van der Waals surface area contributed by atoms with E-state index in [1.165, 1.54) is 4.68 Å². The molecule has 1 rings (SSSR count). The molecule has 1 heterocycles. The first kappa shape index (κ1) is 14.0. The summed E-state index contributed by atoms with van der Waals surface area (Å²) < 4.78 is 6.12. The number of rotatable bonds is 6. The molecule has 0 fully saturated rings. The van der Waals surface area contributed by atoms with E-state index in [9.17, 15) is 9.59 Å². The minimum atomic E-state index is -0.944. The van der Waals surface area contributed by atoms with E-state index in [4.69, 9.17) is 9.84 Å². The Morgan fingerprint density at radius 1 is 1.61 bits per heavy atom. The molecule has 18 heavy (non-hydrogen) atoms. The zero-order valence-corrected chi connectivity index (χ0v) is 10.4. The van der Waals surface area contributed by atoms with Gasteiger partial charge in [0, 0.05) is 11.8 Å². The third kappa shape index (κ3) is 4.04. The standard InChI is InChI=1S/C12H16N2O4/c1-3-18-11(15)6-4-5-10-7-13-14(8-10)9(2)12(16)17/h4-5,7-9H,3,6H2,1-2H3,(H,16,17)/t9-/m0/s1. The van der Waals surface area contributed by atoms with E-state index in [2.05, 4.69) is 5.10 Å². The van der Waals surface area contributed by atoms with Gasteiger partial charge in [0.15, 0.2) is 0 Å². The van der Waals surface area contributed by atoms with Crippen molar-refractivity contribution < 1.29 is 19.4 Å². The Morgan fingerprint density at radius 3 is 2.94 bits per heavy atom. The third-order valence-electron chi connectivity index (χ3n) is 2.28. The molecule has 0 radical (unpaired) electrons. The van der Waals surface area contributed by atoms with Gasteiger partial charge in [-0.2, -0.15) is 5.10 Å². The molecule has 0 bridgehead atoms. The molecule has 1 aromatic rings. The summed E-state index contributed by atoms with van der Waals surface area (Å²) in [6.45, 7) is 3.65. The first-order chi connectivity index (χ1) is 8.54. The summed E-state index contributed by atoms with van der Waals surface area (Å²) >= 11 is 0. The average Bonchev–Trinajstić information content (AvgIpc) is 2.77. The third-order valence-corrected chi connectivity index (χ3v) is 2.28. The lowest BCUT2D eigenvalue weighted by Gasteiger charge is -2.04. The quantitative estimate of drug-likeness (QED) is 0.776. The van der Waals surface area contributed by atoms with Crippen molar-refractivity contribution in [2.24, 2.45) is 0 Å². The van der Waals surface area contributed by atoms with Crippen LogP contribution in [-0.4, -0.2) is 33.4 Å². The molecule has 0 aliphatic heterocycles. The fourth-order valence-corrected chi connectivity index (χ4v) is 1.27. The maximum atomic E-state index is 11.1. The Hall–Kier alpha value is -2.11. The number of hydrogen-bond donors (Lipinski definition) is 1. The summed E-state index contributed by atoms with van der Waals surface area (Å²) in [6.07, 6.45) is 6.70. The van der Waals surface area contributed by atoms with Crippen LogP contribution < -0.4 is 0 Å². The van der Waals surface area contributed by atoms with E-state index in [-0.39, 0.29) is 12.4 Å². The number of aliphatic carboxylic acids is 1. The first-order valence-corrected chi connectivity index (χ1v) is 5.63. The van der Waals surface area contributed by atoms with Crippen molar-refractivity contribution in [3.63, 3.8) is 0 Å². The van der Waals surface area contributed by atoms with E-state index < -0.39 is 12.0 Å². The van der Waals surface area contributed by atoms with Crippen LogP contribution in [-0.2, 0) is 14.3 Å². The van der Waals surface area contributed by atoms with Gasteiger partial charge >= 0.3 is 11.9 Å². The minimum absolute atomic E-state index is 0.188. The second kappa shape index (κ2) is 6.58. The zero-order chi connectivity index (χ0) is 13.5. The van der Waals surface area contributed by atoms with E-state index in [1.54, 1.807) is 38.4 Å². The fraction of sp³-hybridized carbons (Fsp3) is 0.417. The van der Waals surface area contributed by atoms with Crippen LogP contribution in [0.5, 0.6) is 0 Å². The lowest BCUT2D eigenvalue weighted by molar-refractivity contribution is -0.142. The Morgan fingerprint density at radius 2 is 2.33 bits per heavy atom. The maximum Gasteiger partial charge on any atom is 0.328 e. The minimum Gasteiger partial charge on any atom is -0.480 e. The molecular formula is C12H16N2O4. The van der Waals surface area contributed by atoms with Crippen LogP contribution in [0.3, 0.4) is 0 Å². The van der Waals surface area contributed by atoms with Crippen molar-refractivity contribution in [3.8, 4) is 0 Å². The summed E-state index contributed by atoms with van der Waals surface area (Å²) in [4.78, 5) is 21.8. The van der Waals surface area contributed by atoms with E-state index in [1.807, 2.05) is 0 Å². The smallest absolute Gasteiger partial charge is 0.328 e. The van der Waals surface area contributed by atoms with E-state index in [0.29, 0.717) is 6.61 Å².